The van der Waals surface area contributed by atoms with Crippen molar-refractivity contribution in [1.82, 2.24) is 0 Å². The second-order valence-corrected chi connectivity index (χ2v) is 6.64. The van der Waals surface area contributed by atoms with Crippen LogP contribution < -0.4 is 29.2 Å². The maximum absolute atomic E-state index is 12.7. The van der Waals surface area contributed by atoms with E-state index in [1.807, 2.05) is 6.07 Å². The molecule has 1 fully saturated rings. The lowest BCUT2D eigenvalue weighted by molar-refractivity contribution is -0.119. The number of rotatable bonds is 8. The molecule has 0 aromatic heterocycles. The van der Waals surface area contributed by atoms with Crippen LogP contribution in [0.2, 0.25) is 0 Å². The molecule has 1 N–H and O–H groups in total. The summed E-state index contributed by atoms with van der Waals surface area (Å²) in [6, 6.07) is 8.23. The summed E-state index contributed by atoms with van der Waals surface area (Å²) in [6.45, 7) is 7.39. The first-order valence-electron chi connectivity index (χ1n) is 9.33. The summed E-state index contributed by atoms with van der Waals surface area (Å²) in [6.07, 6.45) is 1.17. The summed E-state index contributed by atoms with van der Waals surface area (Å²) in [4.78, 5) is 26.1. The van der Waals surface area contributed by atoms with Crippen molar-refractivity contribution >= 4 is 23.2 Å². The quantitative estimate of drug-likeness (QED) is 0.516. The number of carbonyl (C=O) groups is 2. The molecule has 0 spiro atoms. The number of nitrogens with one attached hydrogen (secondary N) is 1. The van der Waals surface area contributed by atoms with Gasteiger partial charge >= 0.3 is 0 Å². The molecular formula is C23H24N2O6. The number of amides is 2. The van der Waals surface area contributed by atoms with Gasteiger partial charge in [0.15, 0.2) is 11.5 Å². The van der Waals surface area contributed by atoms with Crippen LogP contribution >= 0.6 is 0 Å². The summed E-state index contributed by atoms with van der Waals surface area (Å²) < 4.78 is 21.5. The van der Waals surface area contributed by atoms with Gasteiger partial charge < -0.3 is 24.3 Å². The van der Waals surface area contributed by atoms with Gasteiger partial charge in [-0.15, -0.1) is 0 Å². The number of β-lactam (4-membered cyclic amide) rings is 1. The molecule has 8 heteroatoms. The van der Waals surface area contributed by atoms with Crippen LogP contribution in [0.3, 0.4) is 0 Å². The van der Waals surface area contributed by atoms with Crippen LogP contribution in [-0.4, -0.2) is 40.3 Å². The Balaban J connectivity index is 2.06. The van der Waals surface area contributed by atoms with E-state index in [1.165, 1.54) is 34.5 Å². The van der Waals surface area contributed by atoms with Crippen molar-refractivity contribution in [2.75, 3.05) is 38.7 Å². The molecule has 0 saturated carbocycles. The van der Waals surface area contributed by atoms with Crippen molar-refractivity contribution in [2.24, 2.45) is 0 Å². The van der Waals surface area contributed by atoms with E-state index in [0.717, 1.165) is 5.56 Å². The van der Waals surface area contributed by atoms with Gasteiger partial charge in [-0.3, -0.25) is 14.5 Å². The van der Waals surface area contributed by atoms with Gasteiger partial charge in [-0.05, 0) is 23.8 Å². The lowest BCUT2D eigenvalue weighted by Gasteiger charge is -2.43. The maximum atomic E-state index is 12.7. The zero-order valence-corrected chi connectivity index (χ0v) is 17.9. The zero-order chi connectivity index (χ0) is 22.7. The molecular weight excluding hydrogens is 400 g/mol. The Labute approximate surface area is 180 Å². The predicted molar refractivity (Wildman–Crippen MR) is 117 cm³/mol. The lowest BCUT2D eigenvalue weighted by Crippen LogP contribution is -2.48. The first-order chi connectivity index (χ1) is 14.9. The SMILES string of the molecule is C=CC(=O)Nc1cc(C2C(=C)C(=O)N2c2cc(OC)c(OC)c(OC)c2)ccc1OC. The van der Waals surface area contributed by atoms with E-state index < -0.39 is 6.04 Å². The predicted octanol–water partition coefficient (Wildman–Crippen LogP) is 3.49. The maximum Gasteiger partial charge on any atom is 0.256 e. The van der Waals surface area contributed by atoms with Gasteiger partial charge in [0, 0.05) is 17.7 Å². The monoisotopic (exact) mass is 424 g/mol. The van der Waals surface area contributed by atoms with Gasteiger partial charge in [0.25, 0.3) is 5.91 Å². The Kier molecular flexibility index (Phi) is 6.20. The van der Waals surface area contributed by atoms with Crippen molar-refractivity contribution in [3.63, 3.8) is 0 Å². The molecule has 0 aliphatic carbocycles. The first kappa shape index (κ1) is 21.8. The molecule has 1 aliphatic heterocycles. The Hall–Kier alpha value is -3.94. The fourth-order valence-electron chi connectivity index (χ4n) is 3.48. The average Bonchev–Trinajstić information content (AvgIpc) is 2.80. The van der Waals surface area contributed by atoms with Crippen LogP contribution in [0.5, 0.6) is 23.0 Å². The van der Waals surface area contributed by atoms with E-state index in [0.29, 0.717) is 39.9 Å². The molecule has 1 unspecified atom stereocenters. The van der Waals surface area contributed by atoms with Crippen molar-refractivity contribution in [2.45, 2.75) is 6.04 Å². The van der Waals surface area contributed by atoms with Crippen molar-refractivity contribution in [1.29, 1.82) is 0 Å². The molecule has 3 rings (SSSR count). The summed E-state index contributed by atoms with van der Waals surface area (Å²) in [5, 5.41) is 2.72. The highest BCUT2D eigenvalue weighted by molar-refractivity contribution is 6.15. The lowest BCUT2D eigenvalue weighted by atomic mass is 9.88. The Morgan fingerprint density at radius 1 is 1.00 bits per heavy atom. The van der Waals surface area contributed by atoms with E-state index in [9.17, 15) is 9.59 Å². The zero-order valence-electron chi connectivity index (χ0n) is 17.9. The van der Waals surface area contributed by atoms with Gasteiger partial charge in [0.05, 0.1) is 45.9 Å². The van der Waals surface area contributed by atoms with Crippen LogP contribution in [0, 0.1) is 0 Å². The van der Waals surface area contributed by atoms with Crippen LogP contribution in [0.1, 0.15) is 11.6 Å². The highest BCUT2D eigenvalue weighted by Crippen LogP contribution is 2.48. The van der Waals surface area contributed by atoms with Crippen molar-refractivity contribution in [3.8, 4) is 23.0 Å². The van der Waals surface area contributed by atoms with Crippen LogP contribution in [-0.2, 0) is 9.59 Å². The smallest absolute Gasteiger partial charge is 0.256 e. The minimum atomic E-state index is -0.444. The minimum Gasteiger partial charge on any atom is -0.495 e. The molecule has 0 radical (unpaired) electrons. The number of nitrogens with zero attached hydrogens (tertiary/aromatic N) is 1. The molecule has 162 valence electrons. The molecule has 1 atom stereocenters. The number of anilines is 2. The fraction of sp³-hybridized carbons (Fsp3) is 0.217. The number of carbonyl (C=O) groups excluding carboxylic acids is 2. The van der Waals surface area contributed by atoms with Crippen LogP contribution in [0.15, 0.2) is 55.1 Å². The Morgan fingerprint density at radius 2 is 1.61 bits per heavy atom. The number of hydrogen-bond donors (Lipinski definition) is 1. The summed E-state index contributed by atoms with van der Waals surface area (Å²) >= 11 is 0. The standard InChI is InChI=1S/C23H24N2O6/c1-7-20(26)24-16-10-14(8-9-17(16)28-3)21-13(2)23(27)25(21)15-11-18(29-4)22(31-6)19(12-15)30-5/h7-12,21H,1-2H2,3-6H3,(H,24,26). The normalized spacial score (nSPS) is 15.1. The van der Waals surface area contributed by atoms with Gasteiger partial charge in [-0.2, -0.15) is 0 Å². The highest BCUT2D eigenvalue weighted by Gasteiger charge is 2.43. The number of benzene rings is 2. The molecule has 1 heterocycles. The number of methoxy groups -OCH3 is 4. The number of hydrogen-bond acceptors (Lipinski definition) is 6. The van der Waals surface area contributed by atoms with Crippen molar-refractivity contribution in [3.05, 3.63) is 60.7 Å². The largest absolute Gasteiger partial charge is 0.495 e. The third-order valence-corrected chi connectivity index (χ3v) is 4.99. The second-order valence-electron chi connectivity index (χ2n) is 6.64. The van der Waals surface area contributed by atoms with E-state index >= 15 is 0 Å². The molecule has 2 aromatic rings. The third-order valence-electron chi connectivity index (χ3n) is 4.99. The Bertz CT molecular complexity index is 1040. The molecule has 8 nitrogen and oxygen atoms in total. The second kappa shape index (κ2) is 8.83. The average molecular weight is 424 g/mol. The topological polar surface area (TPSA) is 86.3 Å². The molecule has 1 saturated heterocycles. The summed E-state index contributed by atoms with van der Waals surface area (Å²) in [5.41, 5.74) is 2.18. The van der Waals surface area contributed by atoms with E-state index in [-0.39, 0.29) is 11.8 Å². The first-order valence-corrected chi connectivity index (χ1v) is 9.33. The van der Waals surface area contributed by atoms with Gasteiger partial charge in [-0.1, -0.05) is 19.2 Å². The van der Waals surface area contributed by atoms with Gasteiger partial charge in [0.1, 0.15) is 5.75 Å². The molecule has 0 bridgehead atoms. The van der Waals surface area contributed by atoms with Gasteiger partial charge in [-0.25, -0.2) is 0 Å². The molecule has 31 heavy (non-hydrogen) atoms. The number of ether oxygens (including phenoxy) is 4. The van der Waals surface area contributed by atoms with E-state index in [2.05, 4.69) is 18.5 Å². The van der Waals surface area contributed by atoms with Gasteiger partial charge in [0.2, 0.25) is 11.7 Å². The van der Waals surface area contributed by atoms with E-state index in [1.54, 1.807) is 29.2 Å². The minimum absolute atomic E-state index is 0.230. The Morgan fingerprint density at radius 3 is 2.13 bits per heavy atom. The molecule has 2 amide bonds. The van der Waals surface area contributed by atoms with E-state index in [4.69, 9.17) is 18.9 Å². The van der Waals surface area contributed by atoms with Crippen LogP contribution in [0.25, 0.3) is 0 Å². The summed E-state index contributed by atoms with van der Waals surface area (Å²) in [7, 11) is 6.03. The third kappa shape index (κ3) is 3.79. The van der Waals surface area contributed by atoms with Crippen molar-refractivity contribution < 1.29 is 28.5 Å². The molecule has 1 aliphatic rings. The highest BCUT2D eigenvalue weighted by atomic mass is 16.5. The van der Waals surface area contributed by atoms with Crippen LogP contribution in [0.4, 0.5) is 11.4 Å². The molecule has 2 aromatic carbocycles. The fourth-order valence-corrected chi connectivity index (χ4v) is 3.48. The summed E-state index contributed by atoms with van der Waals surface area (Å²) in [5.74, 6) is 1.15.